The van der Waals surface area contributed by atoms with E-state index in [1.165, 1.54) is 0 Å². The number of rotatable bonds is 7. The predicted molar refractivity (Wildman–Crippen MR) is 74.9 cm³/mol. The fourth-order valence-electron chi connectivity index (χ4n) is 1.45. The van der Waals surface area contributed by atoms with Gasteiger partial charge in [-0.25, -0.2) is 0 Å². The summed E-state index contributed by atoms with van der Waals surface area (Å²) in [7, 11) is 0. The second-order valence-corrected chi connectivity index (χ2v) is 6.32. The Morgan fingerprint density at radius 3 is 2.89 bits per heavy atom. The van der Waals surface area contributed by atoms with Crippen LogP contribution in [0.4, 0.5) is 0 Å². The molecular weight excluding hydrogens is 266 g/mol. The Hall–Kier alpha value is -0.850. The van der Waals surface area contributed by atoms with Crippen molar-refractivity contribution >= 4 is 23.1 Å². The molecule has 0 amide bonds. The zero-order valence-electron chi connectivity index (χ0n) is 10.6. The van der Waals surface area contributed by atoms with Crippen molar-refractivity contribution in [1.29, 1.82) is 0 Å². The average Bonchev–Trinajstić information content (AvgIpc) is 2.96. The summed E-state index contributed by atoms with van der Waals surface area (Å²) in [5, 5.41) is 12.4. The minimum atomic E-state index is 0.802. The van der Waals surface area contributed by atoms with Crippen molar-refractivity contribution in [1.82, 2.24) is 15.5 Å². The molecule has 0 radical (unpaired) electrons. The SMILES string of the molecule is CCCNCc1ccc(CSc2nnc(C)s2)o1. The first kappa shape index (κ1) is 13.6. The minimum Gasteiger partial charge on any atom is -0.464 e. The highest BCUT2D eigenvalue weighted by atomic mass is 32.2. The van der Waals surface area contributed by atoms with E-state index in [0.29, 0.717) is 0 Å². The van der Waals surface area contributed by atoms with Gasteiger partial charge >= 0.3 is 0 Å². The van der Waals surface area contributed by atoms with Gasteiger partial charge < -0.3 is 9.73 Å². The summed E-state index contributed by atoms with van der Waals surface area (Å²) in [5.41, 5.74) is 0. The van der Waals surface area contributed by atoms with E-state index < -0.39 is 0 Å². The third-order valence-corrected chi connectivity index (χ3v) is 4.28. The Balaban J connectivity index is 1.79. The van der Waals surface area contributed by atoms with Gasteiger partial charge in [0.25, 0.3) is 0 Å². The topological polar surface area (TPSA) is 51.0 Å². The first-order chi connectivity index (χ1) is 8.78. The van der Waals surface area contributed by atoms with Crippen LogP contribution in [0.2, 0.25) is 0 Å². The molecule has 1 N–H and O–H groups in total. The first-order valence-corrected chi connectivity index (χ1v) is 7.79. The molecule has 2 aromatic rings. The van der Waals surface area contributed by atoms with Gasteiger partial charge in [0.1, 0.15) is 16.5 Å². The monoisotopic (exact) mass is 283 g/mol. The molecule has 4 nitrogen and oxygen atoms in total. The van der Waals surface area contributed by atoms with Crippen LogP contribution in [-0.2, 0) is 12.3 Å². The summed E-state index contributed by atoms with van der Waals surface area (Å²) in [6.45, 7) is 5.94. The molecule has 0 aliphatic rings. The summed E-state index contributed by atoms with van der Waals surface area (Å²) >= 11 is 3.28. The zero-order valence-corrected chi connectivity index (χ0v) is 12.2. The van der Waals surface area contributed by atoms with Gasteiger partial charge in [0.05, 0.1) is 12.3 Å². The van der Waals surface area contributed by atoms with Crippen molar-refractivity contribution in [2.45, 2.75) is 36.9 Å². The van der Waals surface area contributed by atoms with Gasteiger partial charge in [-0.2, -0.15) is 0 Å². The number of nitrogens with zero attached hydrogens (tertiary/aromatic N) is 2. The van der Waals surface area contributed by atoms with Crippen molar-refractivity contribution < 1.29 is 4.42 Å². The highest BCUT2D eigenvalue weighted by Gasteiger charge is 2.05. The zero-order chi connectivity index (χ0) is 12.8. The summed E-state index contributed by atoms with van der Waals surface area (Å²) in [6.07, 6.45) is 1.14. The van der Waals surface area contributed by atoms with Crippen LogP contribution in [0.15, 0.2) is 20.9 Å². The second kappa shape index (κ2) is 6.92. The molecule has 0 saturated carbocycles. The van der Waals surface area contributed by atoms with Crippen LogP contribution < -0.4 is 5.32 Å². The fourth-order valence-corrected chi connectivity index (χ4v) is 3.16. The van der Waals surface area contributed by atoms with Crippen molar-refractivity contribution in [2.24, 2.45) is 0 Å². The van der Waals surface area contributed by atoms with E-state index in [9.17, 15) is 0 Å². The lowest BCUT2D eigenvalue weighted by molar-refractivity contribution is 0.459. The summed E-state index contributed by atoms with van der Waals surface area (Å²) < 4.78 is 6.73. The van der Waals surface area contributed by atoms with Gasteiger partial charge in [-0.15, -0.1) is 10.2 Å². The number of hydrogen-bond acceptors (Lipinski definition) is 6. The van der Waals surface area contributed by atoms with Gasteiger partial charge in [0.15, 0.2) is 4.34 Å². The number of nitrogens with one attached hydrogen (secondary N) is 1. The Bertz CT molecular complexity index is 481. The van der Waals surface area contributed by atoms with Crippen LogP contribution in [0.3, 0.4) is 0 Å². The molecule has 0 bridgehead atoms. The lowest BCUT2D eigenvalue weighted by atomic mass is 10.4. The van der Waals surface area contributed by atoms with E-state index in [1.54, 1.807) is 23.1 Å². The third kappa shape index (κ3) is 4.12. The number of hydrogen-bond donors (Lipinski definition) is 1. The highest BCUT2D eigenvalue weighted by molar-refractivity contribution is 8.00. The van der Waals surface area contributed by atoms with E-state index in [0.717, 1.165) is 46.1 Å². The maximum absolute atomic E-state index is 5.73. The number of furan rings is 1. The molecule has 0 aliphatic heterocycles. The second-order valence-electron chi connectivity index (χ2n) is 3.92. The molecule has 0 spiro atoms. The van der Waals surface area contributed by atoms with Crippen molar-refractivity contribution in [3.63, 3.8) is 0 Å². The van der Waals surface area contributed by atoms with Crippen molar-refractivity contribution in [2.75, 3.05) is 6.54 Å². The number of aromatic nitrogens is 2. The average molecular weight is 283 g/mol. The quantitative estimate of drug-likeness (QED) is 0.624. The van der Waals surface area contributed by atoms with Gasteiger partial charge in [-0.3, -0.25) is 0 Å². The molecule has 2 aromatic heterocycles. The minimum absolute atomic E-state index is 0.802. The molecule has 0 aliphatic carbocycles. The predicted octanol–water partition coefficient (Wildman–Crippen LogP) is 3.23. The van der Waals surface area contributed by atoms with E-state index in [1.807, 2.05) is 19.1 Å². The molecule has 0 aromatic carbocycles. The van der Waals surface area contributed by atoms with Crippen molar-refractivity contribution in [3.05, 3.63) is 28.7 Å². The molecule has 2 rings (SSSR count). The van der Waals surface area contributed by atoms with Crippen LogP contribution in [0.1, 0.15) is 29.9 Å². The summed E-state index contributed by atoms with van der Waals surface area (Å²) in [5.74, 6) is 2.79. The normalized spacial score (nSPS) is 11.0. The molecule has 0 saturated heterocycles. The lowest BCUT2D eigenvalue weighted by Crippen LogP contribution is -2.12. The van der Waals surface area contributed by atoms with Crippen LogP contribution in [0.25, 0.3) is 0 Å². The molecule has 2 heterocycles. The van der Waals surface area contributed by atoms with Crippen LogP contribution in [0, 0.1) is 6.92 Å². The largest absolute Gasteiger partial charge is 0.464 e. The Kier molecular flexibility index (Phi) is 5.22. The van der Waals surface area contributed by atoms with Crippen LogP contribution in [0.5, 0.6) is 0 Å². The Morgan fingerprint density at radius 1 is 1.33 bits per heavy atom. The highest BCUT2D eigenvalue weighted by Crippen LogP contribution is 2.26. The molecule has 0 fully saturated rings. The molecule has 6 heteroatoms. The fraction of sp³-hybridized carbons (Fsp3) is 0.500. The van der Waals surface area contributed by atoms with Gasteiger partial charge in [0.2, 0.25) is 0 Å². The first-order valence-electron chi connectivity index (χ1n) is 5.99. The van der Waals surface area contributed by atoms with E-state index in [4.69, 9.17) is 4.42 Å². The third-order valence-electron chi connectivity index (χ3n) is 2.29. The van der Waals surface area contributed by atoms with Gasteiger partial charge in [0, 0.05) is 0 Å². The van der Waals surface area contributed by atoms with E-state index in [-0.39, 0.29) is 0 Å². The molecular formula is C12H17N3OS2. The van der Waals surface area contributed by atoms with Gasteiger partial charge in [-0.1, -0.05) is 30.0 Å². The Labute approximate surface area is 115 Å². The number of aryl methyl sites for hydroxylation is 1. The summed E-state index contributed by atoms with van der Waals surface area (Å²) in [6, 6.07) is 4.06. The smallest absolute Gasteiger partial charge is 0.174 e. The number of thioether (sulfide) groups is 1. The van der Waals surface area contributed by atoms with E-state index in [2.05, 4.69) is 22.4 Å². The van der Waals surface area contributed by atoms with Crippen LogP contribution >= 0.6 is 23.1 Å². The summed E-state index contributed by atoms with van der Waals surface area (Å²) in [4.78, 5) is 0. The Morgan fingerprint density at radius 2 is 2.17 bits per heavy atom. The molecule has 98 valence electrons. The molecule has 18 heavy (non-hydrogen) atoms. The van der Waals surface area contributed by atoms with Gasteiger partial charge in [-0.05, 0) is 32.0 Å². The lowest BCUT2D eigenvalue weighted by Gasteiger charge is -1.99. The van der Waals surface area contributed by atoms with Crippen molar-refractivity contribution in [3.8, 4) is 0 Å². The molecule has 0 unspecified atom stereocenters. The van der Waals surface area contributed by atoms with E-state index >= 15 is 0 Å². The molecule has 0 atom stereocenters. The van der Waals surface area contributed by atoms with Crippen LogP contribution in [-0.4, -0.2) is 16.7 Å². The standard InChI is InChI=1S/C12H17N3OS2/c1-3-6-13-7-10-4-5-11(16-10)8-17-12-15-14-9(2)18-12/h4-5,13H,3,6-8H2,1-2H3. The maximum Gasteiger partial charge on any atom is 0.174 e. The maximum atomic E-state index is 5.73.